The van der Waals surface area contributed by atoms with Crippen LogP contribution in [0.3, 0.4) is 0 Å². The number of halogens is 1. The Morgan fingerprint density at radius 1 is 1.35 bits per heavy atom. The fourth-order valence-corrected chi connectivity index (χ4v) is 6.20. The molecule has 170 valence electrons. The van der Waals surface area contributed by atoms with Gasteiger partial charge in [-0.2, -0.15) is 4.31 Å². The summed E-state index contributed by atoms with van der Waals surface area (Å²) in [6.07, 6.45) is 2.46. The fourth-order valence-electron chi connectivity index (χ4n) is 3.81. The lowest BCUT2D eigenvalue weighted by Gasteiger charge is -2.30. The van der Waals surface area contributed by atoms with Crippen LogP contribution in [0.25, 0.3) is 0 Å². The average molecular weight is 485 g/mol. The highest BCUT2D eigenvalue weighted by Crippen LogP contribution is 2.25. The molecule has 10 heteroatoms. The van der Waals surface area contributed by atoms with Crippen LogP contribution in [-0.2, 0) is 16.6 Å². The first-order chi connectivity index (χ1) is 14.7. The molecule has 7 nitrogen and oxygen atoms in total. The fraction of sp³-hybridized carbons (Fsp3) is 0.524. The summed E-state index contributed by atoms with van der Waals surface area (Å²) >= 11 is 7.56. The quantitative estimate of drug-likeness (QED) is 0.603. The number of amides is 1. The molecule has 1 aromatic carbocycles. The minimum Gasteiger partial charge on any atom is -0.298 e. The maximum atomic E-state index is 12.8. The van der Waals surface area contributed by atoms with Crippen LogP contribution in [0, 0.1) is 5.92 Å². The van der Waals surface area contributed by atoms with Gasteiger partial charge in [0, 0.05) is 31.6 Å². The van der Waals surface area contributed by atoms with Crippen molar-refractivity contribution in [3.63, 3.8) is 0 Å². The van der Waals surface area contributed by atoms with Crippen molar-refractivity contribution >= 4 is 44.0 Å². The molecule has 2 aromatic rings. The second-order valence-corrected chi connectivity index (χ2v) is 11.0. The molecule has 1 N–H and O–H groups in total. The van der Waals surface area contributed by atoms with Crippen LogP contribution in [0.4, 0.5) is 5.13 Å². The molecule has 1 amide bonds. The third-order valence-electron chi connectivity index (χ3n) is 5.42. The lowest BCUT2D eigenvalue weighted by Crippen LogP contribution is -2.33. The number of hydrogen-bond donors (Lipinski definition) is 1. The molecule has 3 rings (SSSR count). The molecule has 0 saturated carbocycles. The number of nitrogens with zero attached hydrogens (tertiary/aromatic N) is 3. The zero-order valence-corrected chi connectivity index (χ0v) is 20.5. The number of piperidine rings is 1. The predicted molar refractivity (Wildman–Crippen MR) is 125 cm³/mol. The SMILES string of the molecule is CCN(CC)S(=O)(=O)c1ccc(Cl)c(C(=O)Nc2nc(CN3CCCC(C)C3)cs2)c1. The van der Waals surface area contributed by atoms with Gasteiger partial charge < -0.3 is 0 Å². The number of thiazole rings is 1. The van der Waals surface area contributed by atoms with E-state index in [4.69, 9.17) is 11.6 Å². The highest BCUT2D eigenvalue weighted by Gasteiger charge is 2.24. The van der Waals surface area contributed by atoms with Gasteiger partial charge in [-0.05, 0) is 43.5 Å². The normalized spacial score (nSPS) is 17.8. The van der Waals surface area contributed by atoms with E-state index in [0.29, 0.717) is 24.1 Å². The Labute approximate surface area is 193 Å². The third-order valence-corrected chi connectivity index (χ3v) is 8.61. The van der Waals surface area contributed by atoms with E-state index in [-0.39, 0.29) is 15.5 Å². The monoisotopic (exact) mass is 484 g/mol. The average Bonchev–Trinajstić information content (AvgIpc) is 3.15. The highest BCUT2D eigenvalue weighted by molar-refractivity contribution is 7.89. The van der Waals surface area contributed by atoms with Gasteiger partial charge in [-0.15, -0.1) is 11.3 Å². The number of anilines is 1. The lowest BCUT2D eigenvalue weighted by molar-refractivity contribution is 0.102. The zero-order valence-electron chi connectivity index (χ0n) is 18.1. The second-order valence-electron chi connectivity index (χ2n) is 7.81. The number of likely N-dealkylation sites (tertiary alicyclic amines) is 1. The summed E-state index contributed by atoms with van der Waals surface area (Å²) in [5.41, 5.74) is 1.02. The minimum absolute atomic E-state index is 0.0461. The first-order valence-corrected chi connectivity index (χ1v) is 13.2. The molecule has 1 unspecified atom stereocenters. The minimum atomic E-state index is -3.69. The summed E-state index contributed by atoms with van der Waals surface area (Å²) in [6, 6.07) is 4.19. The summed E-state index contributed by atoms with van der Waals surface area (Å²) in [5, 5.41) is 5.36. The van der Waals surface area contributed by atoms with Crippen LogP contribution in [0.1, 0.15) is 49.7 Å². The molecule has 0 aliphatic carbocycles. The largest absolute Gasteiger partial charge is 0.298 e. The Morgan fingerprint density at radius 2 is 2.10 bits per heavy atom. The van der Waals surface area contributed by atoms with Gasteiger partial charge in [-0.1, -0.05) is 32.4 Å². The van der Waals surface area contributed by atoms with Crippen LogP contribution >= 0.6 is 22.9 Å². The van der Waals surface area contributed by atoms with Crippen molar-refractivity contribution in [2.75, 3.05) is 31.5 Å². The summed E-state index contributed by atoms with van der Waals surface area (Å²) < 4.78 is 26.9. The van der Waals surface area contributed by atoms with Crippen LogP contribution in [-0.4, -0.2) is 54.7 Å². The van der Waals surface area contributed by atoms with Gasteiger partial charge in [0.25, 0.3) is 5.91 Å². The van der Waals surface area contributed by atoms with Gasteiger partial charge >= 0.3 is 0 Å². The Morgan fingerprint density at radius 3 is 2.77 bits per heavy atom. The first kappa shape index (κ1) is 24.1. The molecular formula is C21H29ClN4O3S2. The Hall–Kier alpha value is -1.52. The van der Waals surface area contributed by atoms with Crippen molar-refractivity contribution in [2.24, 2.45) is 5.92 Å². The summed E-state index contributed by atoms with van der Waals surface area (Å²) in [5.74, 6) is 0.211. The standard InChI is InChI=1S/C21H29ClN4O3S2/c1-4-26(5-2)31(28,29)17-8-9-19(22)18(11-17)20(27)24-21-23-16(14-30-21)13-25-10-6-7-15(3)12-25/h8-9,11,14-15H,4-7,10,12-13H2,1-3H3,(H,23,24,27). The number of rotatable bonds is 8. The Bertz CT molecular complexity index is 1020. The van der Waals surface area contributed by atoms with E-state index in [1.54, 1.807) is 13.8 Å². The summed E-state index contributed by atoms with van der Waals surface area (Å²) in [4.78, 5) is 19.8. The van der Waals surface area contributed by atoms with E-state index < -0.39 is 15.9 Å². The molecule has 2 heterocycles. The lowest BCUT2D eigenvalue weighted by atomic mass is 10.0. The van der Waals surface area contributed by atoms with Gasteiger partial charge in [0.1, 0.15) is 0 Å². The van der Waals surface area contributed by atoms with Gasteiger partial charge in [-0.3, -0.25) is 15.0 Å². The number of sulfonamides is 1. The van der Waals surface area contributed by atoms with Crippen LogP contribution in [0.2, 0.25) is 5.02 Å². The van der Waals surface area contributed by atoms with Crippen molar-refractivity contribution in [1.29, 1.82) is 0 Å². The maximum Gasteiger partial charge on any atom is 0.259 e. The van der Waals surface area contributed by atoms with Crippen LogP contribution in [0.15, 0.2) is 28.5 Å². The van der Waals surface area contributed by atoms with Crippen LogP contribution in [0.5, 0.6) is 0 Å². The molecule has 1 saturated heterocycles. The predicted octanol–water partition coefficient (Wildman–Crippen LogP) is 4.31. The number of carbonyl (C=O) groups is 1. The van der Waals surface area contributed by atoms with E-state index in [2.05, 4.69) is 22.1 Å². The van der Waals surface area contributed by atoms with E-state index in [1.165, 1.54) is 46.7 Å². The number of carbonyl (C=O) groups excluding carboxylic acids is 1. The molecule has 0 radical (unpaired) electrons. The van der Waals surface area contributed by atoms with E-state index in [9.17, 15) is 13.2 Å². The van der Waals surface area contributed by atoms with Crippen molar-refractivity contribution < 1.29 is 13.2 Å². The third kappa shape index (κ3) is 5.84. The molecular weight excluding hydrogens is 456 g/mol. The number of benzene rings is 1. The second kappa shape index (κ2) is 10.4. The van der Waals surface area contributed by atoms with E-state index in [1.807, 2.05) is 5.38 Å². The van der Waals surface area contributed by atoms with E-state index in [0.717, 1.165) is 25.3 Å². The molecule has 1 aromatic heterocycles. The van der Waals surface area contributed by atoms with Gasteiger partial charge in [0.05, 0.1) is 21.2 Å². The molecule has 0 bridgehead atoms. The van der Waals surface area contributed by atoms with E-state index >= 15 is 0 Å². The zero-order chi connectivity index (χ0) is 22.6. The Balaban J connectivity index is 1.73. The van der Waals surface area contributed by atoms with Crippen molar-refractivity contribution in [3.8, 4) is 0 Å². The number of nitrogens with one attached hydrogen (secondary N) is 1. The maximum absolute atomic E-state index is 12.8. The molecule has 1 fully saturated rings. The topological polar surface area (TPSA) is 82.6 Å². The van der Waals surface area contributed by atoms with Gasteiger partial charge in [0.2, 0.25) is 10.0 Å². The molecule has 1 aliphatic heterocycles. The molecule has 31 heavy (non-hydrogen) atoms. The van der Waals surface area contributed by atoms with Gasteiger partial charge in [0.15, 0.2) is 5.13 Å². The highest BCUT2D eigenvalue weighted by atomic mass is 35.5. The van der Waals surface area contributed by atoms with Crippen molar-refractivity contribution in [1.82, 2.24) is 14.2 Å². The molecule has 1 aliphatic rings. The summed E-state index contributed by atoms with van der Waals surface area (Å²) in [7, 11) is -3.69. The van der Waals surface area contributed by atoms with Crippen LogP contribution < -0.4 is 5.32 Å². The van der Waals surface area contributed by atoms with Gasteiger partial charge in [-0.25, -0.2) is 13.4 Å². The Kier molecular flexibility index (Phi) is 8.09. The molecule has 0 spiro atoms. The number of hydrogen-bond acceptors (Lipinski definition) is 6. The molecule has 1 atom stereocenters. The first-order valence-electron chi connectivity index (χ1n) is 10.5. The van der Waals surface area contributed by atoms with Crippen molar-refractivity contribution in [2.45, 2.75) is 45.1 Å². The van der Waals surface area contributed by atoms with Crippen molar-refractivity contribution in [3.05, 3.63) is 39.9 Å². The smallest absolute Gasteiger partial charge is 0.259 e. The summed E-state index contributed by atoms with van der Waals surface area (Å²) in [6.45, 7) is 9.38. The number of aromatic nitrogens is 1.